The van der Waals surface area contributed by atoms with Crippen LogP contribution in [0.2, 0.25) is 0 Å². The van der Waals surface area contributed by atoms with Crippen LogP contribution in [0.4, 0.5) is 13.2 Å². The predicted octanol–water partition coefficient (Wildman–Crippen LogP) is 1.99. The van der Waals surface area contributed by atoms with Gasteiger partial charge in [-0.05, 0) is 19.8 Å². The summed E-state index contributed by atoms with van der Waals surface area (Å²) in [6.45, 7) is 4.27. The number of hydrogen-bond acceptors (Lipinski definition) is 4. The van der Waals surface area contributed by atoms with Gasteiger partial charge in [-0.1, -0.05) is 6.58 Å². The van der Waals surface area contributed by atoms with Gasteiger partial charge in [-0.3, -0.25) is 4.79 Å². The highest BCUT2D eigenvalue weighted by Crippen LogP contribution is 2.60. The van der Waals surface area contributed by atoms with Crippen LogP contribution in [0.3, 0.4) is 0 Å². The zero-order valence-electron chi connectivity index (χ0n) is 10.7. The molecule has 5 unspecified atom stereocenters. The average molecular weight is 290 g/mol. The van der Waals surface area contributed by atoms with Crippen LogP contribution in [-0.4, -0.2) is 29.8 Å². The lowest BCUT2D eigenvalue weighted by atomic mass is 9.79. The Morgan fingerprint density at radius 2 is 2.10 bits per heavy atom. The first-order chi connectivity index (χ1) is 9.14. The van der Waals surface area contributed by atoms with Crippen molar-refractivity contribution in [3.63, 3.8) is 0 Å². The number of ether oxygens (including phenoxy) is 2. The number of hydrogen-bond donors (Lipinski definition) is 0. The Labute approximate surface area is 112 Å². The molecule has 0 spiro atoms. The smallest absolute Gasteiger partial charge is 0.422 e. The van der Waals surface area contributed by atoms with E-state index in [9.17, 15) is 22.8 Å². The number of carbonyl (C=O) groups is 2. The summed E-state index contributed by atoms with van der Waals surface area (Å²) in [4.78, 5) is 23.2. The van der Waals surface area contributed by atoms with Gasteiger partial charge in [-0.25, -0.2) is 4.79 Å². The Balaban J connectivity index is 1.80. The van der Waals surface area contributed by atoms with Gasteiger partial charge < -0.3 is 9.47 Å². The van der Waals surface area contributed by atoms with Crippen LogP contribution in [0.15, 0.2) is 12.2 Å². The zero-order chi connectivity index (χ0) is 14.9. The van der Waals surface area contributed by atoms with Crippen LogP contribution in [0, 0.1) is 17.8 Å². The number of carbonyl (C=O) groups excluding carboxylic acids is 2. The highest BCUT2D eigenvalue weighted by molar-refractivity contribution is 5.89. The second-order valence-corrected chi connectivity index (χ2v) is 5.85. The number of rotatable bonds is 2. The SMILES string of the molecule is C=C(C(=O)OC1(C)C2CC3C(=O)OC1C3C2)C(F)(F)F. The third kappa shape index (κ3) is 1.61. The van der Waals surface area contributed by atoms with Gasteiger partial charge in [-0.2, -0.15) is 13.2 Å². The van der Waals surface area contributed by atoms with Crippen molar-refractivity contribution in [2.75, 3.05) is 0 Å². The molecule has 2 saturated carbocycles. The third-order valence-corrected chi connectivity index (χ3v) is 4.82. The van der Waals surface area contributed by atoms with Crippen LogP contribution in [-0.2, 0) is 19.1 Å². The molecule has 0 radical (unpaired) electrons. The van der Waals surface area contributed by atoms with Crippen LogP contribution in [0.25, 0.3) is 0 Å². The number of alkyl halides is 3. The van der Waals surface area contributed by atoms with Crippen molar-refractivity contribution in [1.29, 1.82) is 0 Å². The second-order valence-electron chi connectivity index (χ2n) is 5.85. The summed E-state index contributed by atoms with van der Waals surface area (Å²) in [6, 6.07) is 0. The summed E-state index contributed by atoms with van der Waals surface area (Å²) in [6.07, 6.45) is -4.31. The number of esters is 2. The Kier molecular flexibility index (Phi) is 2.53. The van der Waals surface area contributed by atoms with Crippen LogP contribution < -0.4 is 0 Å². The summed E-state index contributed by atoms with van der Waals surface area (Å²) in [5, 5.41) is 0. The average Bonchev–Trinajstić information content (AvgIpc) is 2.92. The van der Waals surface area contributed by atoms with Crippen molar-refractivity contribution in [1.82, 2.24) is 0 Å². The van der Waals surface area contributed by atoms with Gasteiger partial charge in [0, 0.05) is 11.8 Å². The maximum atomic E-state index is 12.4. The maximum absolute atomic E-state index is 12.4. The molecule has 7 heteroatoms. The van der Waals surface area contributed by atoms with E-state index in [-0.39, 0.29) is 23.7 Å². The summed E-state index contributed by atoms with van der Waals surface area (Å²) >= 11 is 0. The lowest BCUT2D eigenvalue weighted by Crippen LogP contribution is -2.48. The van der Waals surface area contributed by atoms with E-state index in [1.54, 1.807) is 6.92 Å². The van der Waals surface area contributed by atoms with Crippen LogP contribution in [0.1, 0.15) is 19.8 Å². The monoisotopic (exact) mass is 290 g/mol. The zero-order valence-corrected chi connectivity index (χ0v) is 10.7. The van der Waals surface area contributed by atoms with E-state index in [1.807, 2.05) is 0 Å². The molecule has 2 aliphatic carbocycles. The van der Waals surface area contributed by atoms with Gasteiger partial charge in [0.2, 0.25) is 0 Å². The van der Waals surface area contributed by atoms with Crippen molar-refractivity contribution in [3.8, 4) is 0 Å². The lowest BCUT2D eigenvalue weighted by molar-refractivity contribution is -0.182. The molecule has 0 N–H and O–H groups in total. The molecule has 3 aliphatic rings. The molecule has 0 aromatic carbocycles. The minimum Gasteiger partial charge on any atom is -0.458 e. The predicted molar refractivity (Wildman–Crippen MR) is 59.3 cm³/mol. The summed E-state index contributed by atoms with van der Waals surface area (Å²) < 4.78 is 47.6. The normalized spacial score (nSPS) is 41.7. The molecule has 1 aliphatic heterocycles. The van der Waals surface area contributed by atoms with Crippen molar-refractivity contribution < 1.29 is 32.2 Å². The Morgan fingerprint density at radius 3 is 2.70 bits per heavy atom. The largest absolute Gasteiger partial charge is 0.458 e. The topological polar surface area (TPSA) is 52.6 Å². The van der Waals surface area contributed by atoms with E-state index in [0.717, 1.165) is 0 Å². The van der Waals surface area contributed by atoms with E-state index in [1.165, 1.54) is 0 Å². The molecule has 0 amide bonds. The molecule has 4 nitrogen and oxygen atoms in total. The molecule has 0 aromatic heterocycles. The van der Waals surface area contributed by atoms with Crippen molar-refractivity contribution in [3.05, 3.63) is 12.2 Å². The molecule has 1 saturated heterocycles. The quantitative estimate of drug-likeness (QED) is 0.576. The number of fused-ring (bicyclic) bond motifs is 1. The summed E-state index contributed by atoms with van der Waals surface area (Å²) in [7, 11) is 0. The molecule has 1 heterocycles. The van der Waals surface area contributed by atoms with E-state index in [2.05, 4.69) is 6.58 Å². The van der Waals surface area contributed by atoms with Gasteiger partial charge in [0.1, 0.15) is 17.3 Å². The second kappa shape index (κ2) is 3.77. The Bertz CT molecular complexity index is 512. The summed E-state index contributed by atoms with van der Waals surface area (Å²) in [5.41, 5.74) is -2.72. The minimum absolute atomic E-state index is 0.0514. The van der Waals surface area contributed by atoms with Gasteiger partial charge in [-0.15, -0.1) is 0 Å². The maximum Gasteiger partial charge on any atom is 0.422 e. The first-order valence-electron chi connectivity index (χ1n) is 6.34. The fourth-order valence-corrected chi connectivity index (χ4v) is 3.74. The fraction of sp³-hybridized carbons (Fsp3) is 0.692. The van der Waals surface area contributed by atoms with Crippen LogP contribution >= 0.6 is 0 Å². The Morgan fingerprint density at radius 1 is 1.45 bits per heavy atom. The third-order valence-electron chi connectivity index (χ3n) is 4.82. The summed E-state index contributed by atoms with van der Waals surface area (Å²) in [5.74, 6) is -2.21. The fourth-order valence-electron chi connectivity index (χ4n) is 3.74. The Hall–Kier alpha value is -1.53. The van der Waals surface area contributed by atoms with E-state index >= 15 is 0 Å². The lowest BCUT2D eigenvalue weighted by Gasteiger charge is -2.36. The molecule has 5 atom stereocenters. The molecule has 0 aromatic rings. The van der Waals surface area contributed by atoms with Gasteiger partial charge in [0.25, 0.3) is 0 Å². The van der Waals surface area contributed by atoms with E-state index in [4.69, 9.17) is 9.47 Å². The van der Waals surface area contributed by atoms with Crippen molar-refractivity contribution >= 4 is 11.9 Å². The molecular weight excluding hydrogens is 277 g/mol. The van der Waals surface area contributed by atoms with Gasteiger partial charge in [0.05, 0.1) is 5.92 Å². The standard InChI is InChI=1S/C13H13F3O4/c1-5(13(14,15)16)10(17)20-12(2)6-3-7-8(4-6)11(18)19-9(7)12/h6-9H,1,3-4H2,2H3. The molecule has 20 heavy (non-hydrogen) atoms. The first-order valence-corrected chi connectivity index (χ1v) is 6.34. The molecule has 110 valence electrons. The van der Waals surface area contributed by atoms with Crippen molar-refractivity contribution in [2.24, 2.45) is 17.8 Å². The van der Waals surface area contributed by atoms with E-state index in [0.29, 0.717) is 12.8 Å². The minimum atomic E-state index is -4.82. The molecule has 3 rings (SSSR count). The highest BCUT2D eigenvalue weighted by Gasteiger charge is 2.69. The van der Waals surface area contributed by atoms with Gasteiger partial charge in [0.15, 0.2) is 0 Å². The van der Waals surface area contributed by atoms with Gasteiger partial charge >= 0.3 is 18.1 Å². The first kappa shape index (κ1) is 13.5. The van der Waals surface area contributed by atoms with Crippen LogP contribution in [0.5, 0.6) is 0 Å². The number of halogens is 3. The molecular formula is C13H13F3O4. The molecule has 2 bridgehead atoms. The van der Waals surface area contributed by atoms with E-state index < -0.39 is 29.4 Å². The van der Waals surface area contributed by atoms with Crippen molar-refractivity contribution in [2.45, 2.75) is 37.6 Å². The highest BCUT2D eigenvalue weighted by atomic mass is 19.4. The molecule has 3 fully saturated rings.